The molecular weight excluding hydrogens is 288 g/mol. The highest BCUT2D eigenvalue weighted by Crippen LogP contribution is 2.59. The first-order valence-corrected chi connectivity index (χ1v) is 8.96. The van der Waals surface area contributed by atoms with Gasteiger partial charge in [-0.15, -0.1) is 0 Å². The summed E-state index contributed by atoms with van der Waals surface area (Å²) in [5, 5.41) is 13.1. The molecule has 2 fully saturated rings. The van der Waals surface area contributed by atoms with Gasteiger partial charge < -0.3 is 10.4 Å². The molecule has 1 amide bonds. The molecule has 0 spiro atoms. The van der Waals surface area contributed by atoms with Crippen LogP contribution >= 0.6 is 0 Å². The summed E-state index contributed by atoms with van der Waals surface area (Å²) in [6.07, 6.45) is 7.53. The molecule has 0 aliphatic heterocycles. The van der Waals surface area contributed by atoms with Gasteiger partial charge in [-0.2, -0.15) is 0 Å². The molecule has 1 aromatic rings. The Labute approximate surface area is 138 Å². The van der Waals surface area contributed by atoms with Crippen LogP contribution in [0.3, 0.4) is 0 Å². The average molecular weight is 316 g/mol. The van der Waals surface area contributed by atoms with Crippen LogP contribution in [0.2, 0.25) is 0 Å². The highest BCUT2D eigenvalue weighted by atomic mass is 16.3. The fourth-order valence-electron chi connectivity index (χ4n) is 5.41. The molecule has 23 heavy (non-hydrogen) atoms. The van der Waals surface area contributed by atoms with Gasteiger partial charge >= 0.3 is 0 Å². The van der Waals surface area contributed by atoms with Crippen LogP contribution in [-0.2, 0) is 0 Å². The van der Waals surface area contributed by atoms with Gasteiger partial charge in [0.05, 0.1) is 0 Å². The van der Waals surface area contributed by atoms with Crippen LogP contribution in [0.25, 0.3) is 0 Å². The molecule has 4 heteroatoms. The zero-order chi connectivity index (χ0) is 16.6. The molecule has 0 saturated heterocycles. The lowest BCUT2D eigenvalue weighted by Crippen LogP contribution is -2.53. The second-order valence-electron chi connectivity index (χ2n) is 7.57. The summed E-state index contributed by atoms with van der Waals surface area (Å²) in [5.74, 6) is 2.51. The summed E-state index contributed by atoms with van der Waals surface area (Å²) in [4.78, 5) is 16.6. The van der Waals surface area contributed by atoms with Crippen LogP contribution in [0.15, 0.2) is 18.3 Å². The Kier molecular flexibility index (Phi) is 4.35. The van der Waals surface area contributed by atoms with Crippen LogP contribution in [0.4, 0.5) is 0 Å². The molecular formula is C19H28N2O2. The summed E-state index contributed by atoms with van der Waals surface area (Å²) in [7, 11) is 0. The number of rotatable bonds is 5. The normalized spacial score (nSPS) is 35.4. The Morgan fingerprint density at radius 2 is 2.22 bits per heavy atom. The molecule has 0 radical (unpaired) electrons. The largest absolute Gasteiger partial charge is 0.505 e. The quantitative estimate of drug-likeness (QED) is 0.869. The monoisotopic (exact) mass is 316 g/mol. The van der Waals surface area contributed by atoms with Crippen LogP contribution in [0, 0.1) is 23.7 Å². The van der Waals surface area contributed by atoms with E-state index >= 15 is 0 Å². The second kappa shape index (κ2) is 6.14. The third kappa shape index (κ3) is 2.73. The molecule has 1 heterocycles. The first-order valence-electron chi connectivity index (χ1n) is 8.96. The summed E-state index contributed by atoms with van der Waals surface area (Å²) in [6, 6.07) is 3.15. The molecule has 2 unspecified atom stereocenters. The molecule has 4 nitrogen and oxygen atoms in total. The fourth-order valence-corrected chi connectivity index (χ4v) is 5.41. The molecule has 2 N–H and O–H groups in total. The van der Waals surface area contributed by atoms with Crippen LogP contribution < -0.4 is 5.32 Å². The smallest absolute Gasteiger partial charge is 0.274 e. The molecule has 5 atom stereocenters. The van der Waals surface area contributed by atoms with Gasteiger partial charge in [-0.3, -0.25) is 4.79 Å². The third-order valence-electron chi connectivity index (χ3n) is 6.23. The number of aromatic hydroxyl groups is 1. The Hall–Kier alpha value is -1.58. The molecule has 3 rings (SSSR count). The number of carbonyl (C=O) groups is 1. The van der Waals surface area contributed by atoms with E-state index in [1.165, 1.54) is 31.7 Å². The number of pyridine rings is 1. The number of nitrogens with one attached hydrogen (secondary N) is 1. The number of carbonyl (C=O) groups excluding carboxylic acids is 1. The van der Waals surface area contributed by atoms with Gasteiger partial charge in [-0.1, -0.05) is 33.1 Å². The highest BCUT2D eigenvalue weighted by Gasteiger charge is 2.57. The Morgan fingerprint density at radius 3 is 2.87 bits per heavy atom. The fraction of sp³-hybridized carbons (Fsp3) is 0.684. The minimum atomic E-state index is -0.249. The minimum Gasteiger partial charge on any atom is -0.505 e. The summed E-state index contributed by atoms with van der Waals surface area (Å²) >= 11 is 0. The van der Waals surface area contributed by atoms with Gasteiger partial charge in [0, 0.05) is 11.7 Å². The summed E-state index contributed by atoms with van der Waals surface area (Å²) < 4.78 is 0. The number of hydrogen-bond donors (Lipinski definition) is 2. The SMILES string of the molecule is CCC[C@H]1C2CC(C[C@]2(C)NC(=O)c2ncccc2O)[C@H]1CC. The van der Waals surface area contributed by atoms with E-state index in [4.69, 9.17) is 0 Å². The molecule has 2 aliphatic carbocycles. The van der Waals surface area contributed by atoms with Crippen molar-refractivity contribution < 1.29 is 9.90 Å². The standard InChI is InChI=1S/C19H28N2O2/c1-4-7-14-13(5-2)12-10-15(14)19(3,11-12)21-18(23)17-16(22)8-6-9-20-17/h6,8-9,12-15,22H,4-5,7,10-11H2,1-3H3,(H,21,23)/t12?,13-,14-,15?,19+/m1/s1. The lowest BCUT2D eigenvalue weighted by molar-refractivity contribution is 0.0732. The Morgan fingerprint density at radius 1 is 1.43 bits per heavy atom. The predicted molar refractivity (Wildman–Crippen MR) is 90.2 cm³/mol. The summed E-state index contributed by atoms with van der Waals surface area (Å²) in [5.41, 5.74) is -0.0346. The van der Waals surface area contributed by atoms with E-state index in [0.717, 1.165) is 18.3 Å². The first-order chi connectivity index (χ1) is 11.0. The van der Waals surface area contributed by atoms with Crippen molar-refractivity contribution in [3.05, 3.63) is 24.0 Å². The molecule has 1 aromatic heterocycles. The maximum absolute atomic E-state index is 12.6. The third-order valence-corrected chi connectivity index (χ3v) is 6.23. The van der Waals surface area contributed by atoms with Gasteiger partial charge in [0.15, 0.2) is 5.69 Å². The zero-order valence-corrected chi connectivity index (χ0v) is 14.4. The topological polar surface area (TPSA) is 62.2 Å². The highest BCUT2D eigenvalue weighted by molar-refractivity contribution is 5.95. The van der Waals surface area contributed by atoms with E-state index in [0.29, 0.717) is 11.8 Å². The Balaban J connectivity index is 1.78. The van der Waals surface area contributed by atoms with Crippen LogP contribution in [0.5, 0.6) is 5.75 Å². The van der Waals surface area contributed by atoms with Gasteiger partial charge in [-0.25, -0.2) is 4.98 Å². The number of fused-ring (bicyclic) bond motifs is 2. The number of nitrogens with zero attached hydrogens (tertiary/aromatic N) is 1. The van der Waals surface area contributed by atoms with E-state index < -0.39 is 0 Å². The lowest BCUT2D eigenvalue weighted by atomic mass is 9.68. The van der Waals surface area contributed by atoms with Gasteiger partial charge in [-0.05, 0) is 55.6 Å². The minimum absolute atomic E-state index is 0.0479. The predicted octanol–water partition coefficient (Wildman–Crippen LogP) is 3.76. The molecule has 2 aliphatic rings. The molecule has 0 aromatic carbocycles. The lowest BCUT2D eigenvalue weighted by Gasteiger charge is -2.43. The van der Waals surface area contributed by atoms with Crippen LogP contribution in [0.1, 0.15) is 63.4 Å². The zero-order valence-electron chi connectivity index (χ0n) is 14.4. The van der Waals surface area contributed by atoms with Crippen molar-refractivity contribution in [2.24, 2.45) is 23.7 Å². The molecule has 2 saturated carbocycles. The van der Waals surface area contributed by atoms with Crippen molar-refractivity contribution in [3.63, 3.8) is 0 Å². The van der Waals surface area contributed by atoms with Crippen molar-refractivity contribution >= 4 is 5.91 Å². The number of hydrogen-bond acceptors (Lipinski definition) is 3. The van der Waals surface area contributed by atoms with E-state index in [-0.39, 0.29) is 22.9 Å². The van der Waals surface area contributed by atoms with E-state index in [2.05, 4.69) is 31.1 Å². The van der Waals surface area contributed by atoms with E-state index in [1.54, 1.807) is 12.3 Å². The van der Waals surface area contributed by atoms with Gasteiger partial charge in [0.1, 0.15) is 5.75 Å². The second-order valence-corrected chi connectivity index (χ2v) is 7.57. The van der Waals surface area contributed by atoms with Crippen LogP contribution in [-0.4, -0.2) is 21.5 Å². The van der Waals surface area contributed by atoms with Crippen molar-refractivity contribution in [2.75, 3.05) is 0 Å². The molecule has 2 bridgehead atoms. The Bertz CT molecular complexity index is 588. The average Bonchev–Trinajstić information content (AvgIpc) is 3.01. The van der Waals surface area contributed by atoms with Crippen molar-refractivity contribution in [1.29, 1.82) is 0 Å². The van der Waals surface area contributed by atoms with Crippen molar-refractivity contribution in [2.45, 2.75) is 58.4 Å². The van der Waals surface area contributed by atoms with E-state index in [9.17, 15) is 9.90 Å². The first kappa shape index (κ1) is 16.3. The number of aromatic nitrogens is 1. The number of amides is 1. The van der Waals surface area contributed by atoms with Gasteiger partial charge in [0.2, 0.25) is 0 Å². The van der Waals surface area contributed by atoms with Crippen molar-refractivity contribution in [1.82, 2.24) is 10.3 Å². The van der Waals surface area contributed by atoms with E-state index in [1.807, 2.05) is 0 Å². The summed E-state index contributed by atoms with van der Waals surface area (Å²) in [6.45, 7) is 6.74. The van der Waals surface area contributed by atoms with Crippen molar-refractivity contribution in [3.8, 4) is 5.75 Å². The van der Waals surface area contributed by atoms with Gasteiger partial charge in [0.25, 0.3) is 5.91 Å². The maximum atomic E-state index is 12.6. The maximum Gasteiger partial charge on any atom is 0.274 e. The molecule has 126 valence electrons.